The van der Waals surface area contributed by atoms with Crippen LogP contribution >= 0.6 is 0 Å². The molecule has 132 valence electrons. The van der Waals surface area contributed by atoms with E-state index in [2.05, 4.69) is 15.6 Å². The number of aromatic nitrogens is 1. The van der Waals surface area contributed by atoms with Crippen molar-refractivity contribution in [2.75, 3.05) is 23.7 Å². The molecule has 2 heterocycles. The minimum atomic E-state index is -0.103. The molecule has 3 N–H and O–H groups in total. The lowest BCUT2D eigenvalue weighted by Gasteiger charge is -2.20. The van der Waals surface area contributed by atoms with Crippen molar-refractivity contribution in [3.05, 3.63) is 58.5 Å². The van der Waals surface area contributed by atoms with Crippen LogP contribution in [0.4, 0.5) is 16.2 Å². The van der Waals surface area contributed by atoms with Crippen LogP contribution < -0.4 is 16.2 Å². The van der Waals surface area contributed by atoms with Gasteiger partial charge in [0.05, 0.1) is 0 Å². The number of benzene rings is 1. The number of nitrogens with zero attached hydrogens (tertiary/aromatic N) is 1. The molecule has 1 fully saturated rings. The summed E-state index contributed by atoms with van der Waals surface area (Å²) in [6.45, 7) is 2.30. The van der Waals surface area contributed by atoms with E-state index in [9.17, 15) is 9.59 Å². The van der Waals surface area contributed by atoms with E-state index in [1.54, 1.807) is 12.3 Å². The predicted octanol–water partition coefficient (Wildman–Crippen LogP) is 3.39. The van der Waals surface area contributed by atoms with E-state index in [0.29, 0.717) is 6.54 Å². The molecule has 1 aromatic heterocycles. The number of rotatable bonds is 4. The molecule has 0 saturated carbocycles. The Bertz CT molecular complexity index is 726. The van der Waals surface area contributed by atoms with Gasteiger partial charge in [-0.15, -0.1) is 0 Å². The van der Waals surface area contributed by atoms with Gasteiger partial charge in [0.2, 0.25) is 5.56 Å². The summed E-state index contributed by atoms with van der Waals surface area (Å²) in [4.78, 5) is 27.9. The summed E-state index contributed by atoms with van der Waals surface area (Å²) in [6.07, 6.45) is 6.28. The Morgan fingerprint density at radius 3 is 2.28 bits per heavy atom. The smallest absolute Gasteiger partial charge is 0.321 e. The van der Waals surface area contributed by atoms with Crippen molar-refractivity contribution < 1.29 is 4.79 Å². The van der Waals surface area contributed by atoms with Crippen molar-refractivity contribution in [2.45, 2.75) is 32.2 Å². The van der Waals surface area contributed by atoms with E-state index >= 15 is 0 Å². The quantitative estimate of drug-likeness (QED) is 0.798. The monoisotopic (exact) mass is 340 g/mol. The SMILES string of the molecule is O=C(Nc1ccc(NCc2ccc(=O)[nH]c2)cc1)N1CCCCCC1. The fourth-order valence-corrected chi connectivity index (χ4v) is 2.90. The lowest BCUT2D eigenvalue weighted by atomic mass is 10.2. The molecule has 0 radical (unpaired) electrons. The lowest BCUT2D eigenvalue weighted by molar-refractivity contribution is 0.214. The summed E-state index contributed by atoms with van der Waals surface area (Å²) < 4.78 is 0. The number of pyridine rings is 1. The van der Waals surface area contributed by atoms with E-state index in [0.717, 1.165) is 42.9 Å². The van der Waals surface area contributed by atoms with Gasteiger partial charge in [-0.3, -0.25) is 4.79 Å². The number of carbonyl (C=O) groups excluding carboxylic acids is 1. The largest absolute Gasteiger partial charge is 0.381 e. The summed E-state index contributed by atoms with van der Waals surface area (Å²) in [5.74, 6) is 0. The zero-order valence-corrected chi connectivity index (χ0v) is 14.3. The van der Waals surface area contributed by atoms with E-state index in [-0.39, 0.29) is 11.6 Å². The Hall–Kier alpha value is -2.76. The standard InChI is InChI=1S/C19H24N4O2/c24-18-10-5-15(14-21-18)13-20-16-6-8-17(9-7-16)22-19(25)23-11-3-1-2-4-12-23/h5-10,14,20H,1-4,11-13H2,(H,21,24)(H,22,25). The third-order valence-corrected chi connectivity index (χ3v) is 4.37. The van der Waals surface area contributed by atoms with Gasteiger partial charge in [-0.1, -0.05) is 18.9 Å². The zero-order chi connectivity index (χ0) is 17.5. The second-order valence-electron chi connectivity index (χ2n) is 6.32. The molecule has 25 heavy (non-hydrogen) atoms. The topological polar surface area (TPSA) is 77.2 Å². The number of nitrogens with one attached hydrogen (secondary N) is 3. The van der Waals surface area contributed by atoms with Crippen molar-refractivity contribution >= 4 is 17.4 Å². The van der Waals surface area contributed by atoms with Gasteiger partial charge in [-0.2, -0.15) is 0 Å². The van der Waals surface area contributed by atoms with Gasteiger partial charge in [-0.25, -0.2) is 4.79 Å². The molecule has 1 aliphatic rings. The van der Waals surface area contributed by atoms with Gasteiger partial charge in [0.25, 0.3) is 0 Å². The molecule has 1 aliphatic heterocycles. The highest BCUT2D eigenvalue weighted by molar-refractivity contribution is 5.89. The van der Waals surface area contributed by atoms with E-state index in [1.165, 1.54) is 18.9 Å². The first-order valence-electron chi connectivity index (χ1n) is 8.78. The number of aromatic amines is 1. The molecule has 6 nitrogen and oxygen atoms in total. The Balaban J connectivity index is 1.51. The number of hydrogen-bond donors (Lipinski definition) is 3. The molecule has 0 unspecified atom stereocenters. The number of H-pyrrole nitrogens is 1. The van der Waals surface area contributed by atoms with Crippen LogP contribution in [0.1, 0.15) is 31.2 Å². The molecule has 2 amide bonds. The van der Waals surface area contributed by atoms with Crippen molar-refractivity contribution in [2.24, 2.45) is 0 Å². The van der Waals surface area contributed by atoms with Crippen LogP contribution in [0, 0.1) is 0 Å². The number of hydrogen-bond acceptors (Lipinski definition) is 3. The molecule has 6 heteroatoms. The third kappa shape index (κ3) is 5.11. The number of amides is 2. The van der Waals surface area contributed by atoms with Gasteiger partial charge in [0.1, 0.15) is 0 Å². The second kappa shape index (κ2) is 8.37. The molecular weight excluding hydrogens is 316 g/mol. The van der Waals surface area contributed by atoms with Gasteiger partial charge >= 0.3 is 6.03 Å². The van der Waals surface area contributed by atoms with Crippen molar-refractivity contribution in [1.29, 1.82) is 0 Å². The van der Waals surface area contributed by atoms with Gasteiger partial charge in [-0.05, 0) is 42.7 Å². The van der Waals surface area contributed by atoms with Crippen LogP contribution in [0.25, 0.3) is 0 Å². The van der Waals surface area contributed by atoms with Gasteiger partial charge < -0.3 is 20.5 Å². The number of likely N-dealkylation sites (tertiary alicyclic amines) is 1. The van der Waals surface area contributed by atoms with Crippen LogP contribution in [-0.2, 0) is 6.54 Å². The Morgan fingerprint density at radius 1 is 0.960 bits per heavy atom. The second-order valence-corrected chi connectivity index (χ2v) is 6.32. The van der Waals surface area contributed by atoms with Gasteiger partial charge in [0, 0.05) is 43.3 Å². The minimum absolute atomic E-state index is 0.0177. The molecule has 0 aliphatic carbocycles. The Kier molecular flexibility index (Phi) is 5.72. The normalized spacial score (nSPS) is 14.6. The first kappa shape index (κ1) is 17.1. The van der Waals surface area contributed by atoms with E-state index in [1.807, 2.05) is 29.2 Å². The fraction of sp³-hybridized carbons (Fsp3) is 0.368. The van der Waals surface area contributed by atoms with Crippen LogP contribution in [-0.4, -0.2) is 29.0 Å². The maximum Gasteiger partial charge on any atom is 0.321 e. The molecule has 0 atom stereocenters. The molecule has 1 saturated heterocycles. The van der Waals surface area contributed by atoms with Gasteiger partial charge in [0.15, 0.2) is 0 Å². The number of carbonyl (C=O) groups is 1. The minimum Gasteiger partial charge on any atom is -0.381 e. The number of anilines is 2. The summed E-state index contributed by atoms with van der Waals surface area (Å²) >= 11 is 0. The molecule has 0 bridgehead atoms. The highest BCUT2D eigenvalue weighted by atomic mass is 16.2. The summed E-state index contributed by atoms with van der Waals surface area (Å²) in [5, 5.41) is 6.25. The zero-order valence-electron chi connectivity index (χ0n) is 14.3. The van der Waals surface area contributed by atoms with E-state index in [4.69, 9.17) is 0 Å². The van der Waals surface area contributed by atoms with Crippen LogP contribution in [0.2, 0.25) is 0 Å². The van der Waals surface area contributed by atoms with Crippen molar-refractivity contribution in [3.8, 4) is 0 Å². The summed E-state index contributed by atoms with van der Waals surface area (Å²) in [6, 6.07) is 10.9. The highest BCUT2D eigenvalue weighted by Crippen LogP contribution is 2.16. The Labute approximate surface area is 147 Å². The average molecular weight is 340 g/mol. The third-order valence-electron chi connectivity index (χ3n) is 4.37. The fourth-order valence-electron chi connectivity index (χ4n) is 2.90. The van der Waals surface area contributed by atoms with E-state index < -0.39 is 0 Å². The maximum atomic E-state index is 12.3. The summed E-state index contributed by atoms with van der Waals surface area (Å²) in [5.41, 5.74) is 2.65. The molecule has 1 aromatic carbocycles. The molecule has 0 spiro atoms. The van der Waals surface area contributed by atoms with Crippen molar-refractivity contribution in [1.82, 2.24) is 9.88 Å². The maximum absolute atomic E-state index is 12.3. The van der Waals surface area contributed by atoms with Crippen LogP contribution in [0.5, 0.6) is 0 Å². The van der Waals surface area contributed by atoms with Crippen molar-refractivity contribution in [3.63, 3.8) is 0 Å². The molecule has 2 aromatic rings. The number of urea groups is 1. The van der Waals surface area contributed by atoms with Crippen LogP contribution in [0.15, 0.2) is 47.4 Å². The molecular formula is C19H24N4O2. The summed E-state index contributed by atoms with van der Waals surface area (Å²) in [7, 11) is 0. The first-order valence-corrected chi connectivity index (χ1v) is 8.78. The predicted molar refractivity (Wildman–Crippen MR) is 99.9 cm³/mol. The Morgan fingerprint density at radius 2 is 1.64 bits per heavy atom. The average Bonchev–Trinajstić information content (AvgIpc) is 2.92. The molecule has 3 rings (SSSR count). The lowest BCUT2D eigenvalue weighted by Crippen LogP contribution is -2.35. The first-order chi connectivity index (χ1) is 12.2. The highest BCUT2D eigenvalue weighted by Gasteiger charge is 2.15. The van der Waals surface area contributed by atoms with Crippen LogP contribution in [0.3, 0.4) is 0 Å².